The molecule has 2 heterocycles. The maximum Gasteiger partial charge on any atom is 0.338 e. The Morgan fingerprint density at radius 1 is 1.11 bits per heavy atom. The van der Waals surface area contributed by atoms with Crippen molar-refractivity contribution in [1.29, 1.82) is 0 Å². The number of methoxy groups -OCH3 is 1. The van der Waals surface area contributed by atoms with Gasteiger partial charge in [-0.15, -0.1) is 0 Å². The van der Waals surface area contributed by atoms with E-state index in [9.17, 15) is 9.59 Å². The number of aliphatic imine (C=N–C) groups is 1. The monoisotopic (exact) mass is 535 g/mol. The molecule has 0 aromatic heterocycles. The molecule has 2 aliphatic heterocycles. The molecule has 0 N–H and O–H groups in total. The Balaban J connectivity index is 1.68. The number of esters is 1. The van der Waals surface area contributed by atoms with E-state index in [0.29, 0.717) is 36.8 Å². The van der Waals surface area contributed by atoms with Gasteiger partial charge in [0.2, 0.25) is 5.91 Å². The van der Waals surface area contributed by atoms with Crippen molar-refractivity contribution in [2.75, 3.05) is 33.9 Å². The van der Waals surface area contributed by atoms with Gasteiger partial charge in [-0.25, -0.2) is 9.79 Å². The molecule has 2 aromatic rings. The van der Waals surface area contributed by atoms with Gasteiger partial charge in [0, 0.05) is 26.4 Å². The number of ether oxygens (including phenoxy) is 3. The fraction of sp³-hybridized carbons (Fsp3) is 0.345. The molecule has 2 aliphatic rings. The number of carbonyl (C=O) groups excluding carboxylic acids is 2. The van der Waals surface area contributed by atoms with Crippen LogP contribution in [0.25, 0.3) is 0 Å². The van der Waals surface area contributed by atoms with Crippen molar-refractivity contribution >= 4 is 28.8 Å². The van der Waals surface area contributed by atoms with Gasteiger partial charge in [0.1, 0.15) is 19.0 Å². The number of carbonyl (C=O) groups is 2. The number of rotatable bonds is 11. The molecule has 0 saturated heterocycles. The Labute approximate surface area is 228 Å². The number of benzene rings is 2. The molecule has 1 atom stereocenters. The third-order valence-corrected chi connectivity index (χ3v) is 7.28. The van der Waals surface area contributed by atoms with Gasteiger partial charge in [0.25, 0.3) is 0 Å². The van der Waals surface area contributed by atoms with Crippen molar-refractivity contribution in [3.05, 3.63) is 88.1 Å². The molecule has 4 rings (SSSR count). The van der Waals surface area contributed by atoms with E-state index in [1.165, 1.54) is 11.8 Å². The number of amidine groups is 1. The molecule has 200 valence electrons. The lowest BCUT2D eigenvalue weighted by Crippen LogP contribution is -2.38. The third-order valence-electron chi connectivity index (χ3n) is 6.40. The molecule has 0 saturated carbocycles. The molecular formula is C29H33N3O5S. The normalized spacial score (nSPS) is 16.5. The number of thioether (sulfide) groups is 1. The second-order valence-electron chi connectivity index (χ2n) is 8.95. The second-order valence-corrected chi connectivity index (χ2v) is 9.79. The Hall–Kier alpha value is -3.56. The Bertz CT molecular complexity index is 1260. The number of fused-ring (bicyclic) bond motifs is 1. The van der Waals surface area contributed by atoms with E-state index in [2.05, 4.69) is 0 Å². The highest BCUT2D eigenvalue weighted by atomic mass is 32.2. The first-order valence-electron chi connectivity index (χ1n) is 12.5. The molecule has 0 aliphatic carbocycles. The zero-order valence-electron chi connectivity index (χ0n) is 22.2. The van der Waals surface area contributed by atoms with Gasteiger partial charge >= 0.3 is 5.97 Å². The maximum atomic E-state index is 13.4. The van der Waals surface area contributed by atoms with Gasteiger partial charge in [0.05, 0.1) is 30.3 Å². The largest absolute Gasteiger partial charge is 0.489 e. The van der Waals surface area contributed by atoms with Crippen LogP contribution in [0, 0.1) is 0 Å². The minimum absolute atomic E-state index is 0.00482. The molecule has 1 unspecified atom stereocenters. The summed E-state index contributed by atoms with van der Waals surface area (Å²) in [5, 5.41) is 2.66. The predicted octanol–water partition coefficient (Wildman–Crippen LogP) is 4.90. The van der Waals surface area contributed by atoms with Crippen LogP contribution in [0.2, 0.25) is 0 Å². The number of hydrogen-bond donors (Lipinski definition) is 0. The lowest BCUT2D eigenvalue weighted by molar-refractivity contribution is -0.141. The number of allylic oxidation sites excluding steroid dienone is 1. The zero-order chi connectivity index (χ0) is 27.1. The van der Waals surface area contributed by atoms with Crippen LogP contribution in [0.3, 0.4) is 0 Å². The van der Waals surface area contributed by atoms with Gasteiger partial charge in [-0.2, -0.15) is 0 Å². The highest BCUT2D eigenvalue weighted by molar-refractivity contribution is 8.16. The fourth-order valence-corrected chi connectivity index (χ4v) is 5.19. The van der Waals surface area contributed by atoms with E-state index in [1.54, 1.807) is 19.1 Å². The van der Waals surface area contributed by atoms with Crippen molar-refractivity contribution in [2.24, 2.45) is 4.99 Å². The minimum atomic E-state index is -0.529. The standard InChI is InChI=1S/C29H33N3O5S/c1-5-31(3)25(33)17-23-19-38-29-30-20(2)26(28(34)36-15-14-35-4)27(32(23)29)22-12-9-13-24(16-22)37-18-21-10-7-6-8-11-21/h6-13,16,19,27H,5,14-15,17-18H2,1-4H3. The highest BCUT2D eigenvalue weighted by Gasteiger charge is 2.41. The molecular weight excluding hydrogens is 502 g/mol. The molecule has 1 amide bonds. The minimum Gasteiger partial charge on any atom is -0.489 e. The van der Waals surface area contributed by atoms with Crippen molar-refractivity contribution in [2.45, 2.75) is 32.9 Å². The van der Waals surface area contributed by atoms with Crippen LogP contribution in [0.15, 0.2) is 82.0 Å². The molecule has 0 bridgehead atoms. The van der Waals surface area contributed by atoms with Crippen LogP contribution in [0.4, 0.5) is 0 Å². The summed E-state index contributed by atoms with van der Waals surface area (Å²) in [5.74, 6) is 0.213. The SMILES string of the molecule is CCN(C)C(=O)CC1=CSC2=NC(C)=C(C(=O)OCCOC)C(c3cccc(OCc4ccccc4)c3)N12. The van der Waals surface area contributed by atoms with Crippen molar-refractivity contribution in [3.63, 3.8) is 0 Å². The van der Waals surface area contributed by atoms with E-state index < -0.39 is 12.0 Å². The Kier molecular flexibility index (Phi) is 9.25. The summed E-state index contributed by atoms with van der Waals surface area (Å²) in [6.45, 7) is 5.21. The summed E-state index contributed by atoms with van der Waals surface area (Å²) in [4.78, 5) is 34.6. The van der Waals surface area contributed by atoms with E-state index in [-0.39, 0.29) is 18.9 Å². The van der Waals surface area contributed by atoms with Crippen molar-refractivity contribution in [1.82, 2.24) is 9.80 Å². The maximum absolute atomic E-state index is 13.4. The van der Waals surface area contributed by atoms with E-state index in [4.69, 9.17) is 19.2 Å². The topological polar surface area (TPSA) is 80.7 Å². The van der Waals surface area contributed by atoms with Crippen LogP contribution in [0.1, 0.15) is 37.4 Å². The summed E-state index contributed by atoms with van der Waals surface area (Å²) in [5.41, 5.74) is 3.69. The van der Waals surface area contributed by atoms with Gasteiger partial charge in [0.15, 0.2) is 5.17 Å². The van der Waals surface area contributed by atoms with Crippen molar-refractivity contribution in [3.8, 4) is 5.75 Å². The fourth-order valence-electron chi connectivity index (χ4n) is 4.22. The number of nitrogens with zero attached hydrogens (tertiary/aromatic N) is 3. The summed E-state index contributed by atoms with van der Waals surface area (Å²) >= 11 is 1.45. The summed E-state index contributed by atoms with van der Waals surface area (Å²) < 4.78 is 16.7. The third kappa shape index (κ3) is 6.28. The second kappa shape index (κ2) is 12.8. The molecule has 38 heavy (non-hydrogen) atoms. The average molecular weight is 536 g/mol. The predicted molar refractivity (Wildman–Crippen MR) is 148 cm³/mol. The van der Waals surface area contributed by atoms with E-state index in [0.717, 1.165) is 22.0 Å². The number of amides is 1. The molecule has 0 fully saturated rings. The van der Waals surface area contributed by atoms with Gasteiger partial charge in [-0.05, 0) is 42.5 Å². The Morgan fingerprint density at radius 2 is 1.89 bits per heavy atom. The van der Waals surface area contributed by atoms with Gasteiger partial charge < -0.3 is 24.0 Å². The first-order valence-corrected chi connectivity index (χ1v) is 13.4. The lowest BCUT2D eigenvalue weighted by atomic mass is 9.93. The molecule has 8 nitrogen and oxygen atoms in total. The number of hydrogen-bond acceptors (Lipinski definition) is 8. The summed E-state index contributed by atoms with van der Waals surface area (Å²) in [6, 6.07) is 17.1. The first kappa shape index (κ1) is 27.5. The zero-order valence-corrected chi connectivity index (χ0v) is 23.0. The average Bonchev–Trinajstić information content (AvgIpc) is 3.33. The van der Waals surface area contributed by atoms with Gasteiger partial charge in [-0.1, -0.05) is 54.2 Å². The van der Waals surface area contributed by atoms with Crippen LogP contribution >= 0.6 is 11.8 Å². The van der Waals surface area contributed by atoms with Crippen LogP contribution in [0.5, 0.6) is 5.75 Å². The van der Waals surface area contributed by atoms with E-state index >= 15 is 0 Å². The van der Waals surface area contributed by atoms with Crippen molar-refractivity contribution < 1.29 is 23.8 Å². The van der Waals surface area contributed by atoms with Crippen LogP contribution in [-0.2, 0) is 25.7 Å². The summed E-state index contributed by atoms with van der Waals surface area (Å²) in [7, 11) is 3.34. The molecule has 0 radical (unpaired) electrons. The lowest BCUT2D eigenvalue weighted by Gasteiger charge is -2.36. The molecule has 2 aromatic carbocycles. The smallest absolute Gasteiger partial charge is 0.338 e. The quantitative estimate of drug-likeness (QED) is 0.299. The summed E-state index contributed by atoms with van der Waals surface area (Å²) in [6.07, 6.45) is 0.197. The Morgan fingerprint density at radius 3 is 2.63 bits per heavy atom. The highest BCUT2D eigenvalue weighted by Crippen LogP contribution is 2.45. The molecule has 0 spiro atoms. The molecule has 9 heteroatoms. The first-order chi connectivity index (χ1) is 18.4. The van der Waals surface area contributed by atoms with Crippen LogP contribution < -0.4 is 4.74 Å². The van der Waals surface area contributed by atoms with E-state index in [1.807, 2.05) is 78.8 Å². The van der Waals surface area contributed by atoms with Gasteiger partial charge in [-0.3, -0.25) is 4.79 Å². The van der Waals surface area contributed by atoms with Crippen LogP contribution in [-0.4, -0.2) is 60.8 Å².